The molecular formula is C17H15ClN4OS. The van der Waals surface area contributed by atoms with E-state index in [0.717, 1.165) is 11.3 Å². The van der Waals surface area contributed by atoms with Crippen molar-refractivity contribution in [1.82, 2.24) is 14.9 Å². The summed E-state index contributed by atoms with van der Waals surface area (Å²) in [5.74, 6) is 1.41. The SMILES string of the molecule is CSc1nnc(COc2ccccc2)n1/N=C\c1ccc(Cl)cc1. The Balaban J connectivity index is 1.78. The fourth-order valence-corrected chi connectivity index (χ4v) is 2.54. The number of ether oxygens (including phenoxy) is 1. The van der Waals surface area contributed by atoms with Gasteiger partial charge in [0, 0.05) is 5.02 Å². The first-order valence-electron chi connectivity index (χ1n) is 7.22. The van der Waals surface area contributed by atoms with Gasteiger partial charge in [0.15, 0.2) is 5.82 Å². The number of thioether (sulfide) groups is 1. The van der Waals surface area contributed by atoms with Crippen molar-refractivity contribution < 1.29 is 4.74 Å². The van der Waals surface area contributed by atoms with Gasteiger partial charge in [0.25, 0.3) is 0 Å². The van der Waals surface area contributed by atoms with Crippen molar-refractivity contribution in [3.63, 3.8) is 0 Å². The van der Waals surface area contributed by atoms with Crippen LogP contribution in [0.4, 0.5) is 0 Å². The molecule has 0 aliphatic rings. The summed E-state index contributed by atoms with van der Waals surface area (Å²) in [6.45, 7) is 0.287. The number of hydrogen-bond acceptors (Lipinski definition) is 5. The molecule has 24 heavy (non-hydrogen) atoms. The zero-order valence-corrected chi connectivity index (χ0v) is 14.5. The number of para-hydroxylation sites is 1. The molecule has 0 aliphatic heterocycles. The largest absolute Gasteiger partial charge is 0.486 e. The Labute approximate surface area is 149 Å². The molecule has 0 unspecified atom stereocenters. The second kappa shape index (κ2) is 7.99. The number of hydrogen-bond donors (Lipinski definition) is 0. The van der Waals surface area contributed by atoms with Crippen LogP contribution in [-0.2, 0) is 6.61 Å². The number of nitrogens with zero attached hydrogens (tertiary/aromatic N) is 4. The molecule has 7 heteroatoms. The second-order valence-electron chi connectivity index (χ2n) is 4.81. The van der Waals surface area contributed by atoms with Crippen LogP contribution < -0.4 is 4.74 Å². The van der Waals surface area contributed by atoms with Gasteiger partial charge >= 0.3 is 0 Å². The molecule has 5 nitrogen and oxygen atoms in total. The summed E-state index contributed by atoms with van der Waals surface area (Å²) < 4.78 is 7.42. The molecule has 0 fully saturated rings. The lowest BCUT2D eigenvalue weighted by Crippen LogP contribution is -2.04. The summed E-state index contributed by atoms with van der Waals surface area (Å²) in [7, 11) is 0. The monoisotopic (exact) mass is 358 g/mol. The maximum Gasteiger partial charge on any atom is 0.211 e. The molecule has 0 bridgehead atoms. The molecule has 0 spiro atoms. The van der Waals surface area contributed by atoms with Gasteiger partial charge in [0.05, 0.1) is 6.21 Å². The van der Waals surface area contributed by atoms with Crippen molar-refractivity contribution in [2.24, 2.45) is 5.10 Å². The van der Waals surface area contributed by atoms with E-state index in [1.807, 2.05) is 60.9 Å². The molecule has 1 aromatic heterocycles. The molecule has 0 aliphatic carbocycles. The van der Waals surface area contributed by atoms with Gasteiger partial charge in [-0.1, -0.05) is 53.7 Å². The van der Waals surface area contributed by atoms with E-state index in [9.17, 15) is 0 Å². The van der Waals surface area contributed by atoms with E-state index in [1.165, 1.54) is 11.8 Å². The van der Waals surface area contributed by atoms with Crippen molar-refractivity contribution in [3.8, 4) is 5.75 Å². The van der Waals surface area contributed by atoms with Gasteiger partial charge in [0.1, 0.15) is 12.4 Å². The van der Waals surface area contributed by atoms with Gasteiger partial charge in [-0.15, -0.1) is 10.2 Å². The van der Waals surface area contributed by atoms with E-state index < -0.39 is 0 Å². The summed E-state index contributed by atoms with van der Waals surface area (Å²) in [4.78, 5) is 0. The summed E-state index contributed by atoms with van der Waals surface area (Å²) in [5, 5.41) is 14.2. The fraction of sp³-hybridized carbons (Fsp3) is 0.118. The molecule has 3 aromatic rings. The summed E-state index contributed by atoms with van der Waals surface area (Å²) in [5.41, 5.74) is 0.940. The zero-order chi connectivity index (χ0) is 16.8. The van der Waals surface area contributed by atoms with Crippen molar-refractivity contribution in [2.45, 2.75) is 11.8 Å². The fourth-order valence-electron chi connectivity index (χ4n) is 1.97. The van der Waals surface area contributed by atoms with E-state index in [4.69, 9.17) is 16.3 Å². The highest BCUT2D eigenvalue weighted by atomic mass is 35.5. The first kappa shape index (κ1) is 16.5. The molecular weight excluding hydrogens is 344 g/mol. The maximum atomic E-state index is 5.89. The highest BCUT2D eigenvalue weighted by Gasteiger charge is 2.11. The Morgan fingerprint density at radius 2 is 1.88 bits per heavy atom. The molecule has 1 heterocycles. The van der Waals surface area contributed by atoms with Crippen molar-refractivity contribution in [2.75, 3.05) is 6.26 Å². The maximum absolute atomic E-state index is 5.89. The van der Waals surface area contributed by atoms with Crippen LogP contribution in [0.3, 0.4) is 0 Å². The van der Waals surface area contributed by atoms with Crippen LogP contribution in [0.2, 0.25) is 5.02 Å². The molecule has 0 atom stereocenters. The minimum Gasteiger partial charge on any atom is -0.486 e. The second-order valence-corrected chi connectivity index (χ2v) is 6.02. The topological polar surface area (TPSA) is 52.3 Å². The van der Waals surface area contributed by atoms with Crippen LogP contribution in [0.25, 0.3) is 0 Å². The average Bonchev–Trinajstić information content (AvgIpc) is 3.02. The Morgan fingerprint density at radius 3 is 2.58 bits per heavy atom. The third-order valence-corrected chi connectivity index (χ3v) is 4.03. The van der Waals surface area contributed by atoms with Crippen LogP contribution in [0.5, 0.6) is 5.75 Å². The number of rotatable bonds is 6. The Bertz CT molecular complexity index is 818. The Hall–Kier alpha value is -2.31. The molecule has 0 saturated heterocycles. The first-order valence-corrected chi connectivity index (χ1v) is 8.82. The molecule has 0 saturated carbocycles. The van der Waals surface area contributed by atoms with Crippen LogP contribution in [0, 0.1) is 0 Å². The minimum atomic E-state index is 0.287. The number of aromatic nitrogens is 3. The van der Waals surface area contributed by atoms with Gasteiger partial charge in [-0.2, -0.15) is 9.78 Å². The van der Waals surface area contributed by atoms with E-state index in [-0.39, 0.29) is 6.61 Å². The summed E-state index contributed by atoms with van der Waals surface area (Å²) in [6.07, 6.45) is 3.67. The highest BCUT2D eigenvalue weighted by Crippen LogP contribution is 2.16. The summed E-state index contributed by atoms with van der Waals surface area (Å²) >= 11 is 7.37. The van der Waals surface area contributed by atoms with E-state index in [1.54, 1.807) is 10.9 Å². The predicted molar refractivity (Wildman–Crippen MR) is 97.0 cm³/mol. The lowest BCUT2D eigenvalue weighted by atomic mass is 10.2. The normalized spacial score (nSPS) is 11.1. The van der Waals surface area contributed by atoms with E-state index in [0.29, 0.717) is 16.0 Å². The van der Waals surface area contributed by atoms with E-state index in [2.05, 4.69) is 15.3 Å². The lowest BCUT2D eigenvalue weighted by Gasteiger charge is -2.06. The molecule has 0 amide bonds. The van der Waals surface area contributed by atoms with Crippen molar-refractivity contribution >= 4 is 29.6 Å². The van der Waals surface area contributed by atoms with Gasteiger partial charge < -0.3 is 4.74 Å². The van der Waals surface area contributed by atoms with Crippen molar-refractivity contribution in [3.05, 3.63) is 71.0 Å². The third-order valence-electron chi connectivity index (χ3n) is 3.16. The molecule has 122 valence electrons. The van der Waals surface area contributed by atoms with Gasteiger partial charge in [0.2, 0.25) is 5.16 Å². The van der Waals surface area contributed by atoms with Gasteiger partial charge in [-0.3, -0.25) is 0 Å². The smallest absolute Gasteiger partial charge is 0.211 e. The van der Waals surface area contributed by atoms with E-state index >= 15 is 0 Å². The molecule has 3 rings (SSSR count). The average molecular weight is 359 g/mol. The van der Waals surface area contributed by atoms with Gasteiger partial charge in [-0.25, -0.2) is 0 Å². The molecule has 2 aromatic carbocycles. The zero-order valence-electron chi connectivity index (χ0n) is 13.0. The predicted octanol–water partition coefficient (Wildman–Crippen LogP) is 4.11. The first-order chi connectivity index (χ1) is 11.8. The Morgan fingerprint density at radius 1 is 1.12 bits per heavy atom. The van der Waals surface area contributed by atoms with Crippen LogP contribution in [-0.4, -0.2) is 27.3 Å². The third kappa shape index (κ3) is 4.15. The Kier molecular flexibility index (Phi) is 5.51. The molecule has 0 radical (unpaired) electrons. The minimum absolute atomic E-state index is 0.287. The highest BCUT2D eigenvalue weighted by molar-refractivity contribution is 7.98. The molecule has 0 N–H and O–H groups in total. The van der Waals surface area contributed by atoms with Crippen molar-refractivity contribution in [1.29, 1.82) is 0 Å². The van der Waals surface area contributed by atoms with Crippen LogP contribution >= 0.6 is 23.4 Å². The summed E-state index contributed by atoms with van der Waals surface area (Å²) in [6, 6.07) is 17.0. The number of benzene rings is 2. The quantitative estimate of drug-likeness (QED) is 0.491. The standard InChI is InChI=1S/C17H15ClN4OS/c1-24-17-21-20-16(12-23-15-5-3-2-4-6-15)22(17)19-11-13-7-9-14(18)10-8-13/h2-11H,12H2,1H3/b19-11-. The van der Waals surface area contributed by atoms with Crippen LogP contribution in [0.1, 0.15) is 11.4 Å². The van der Waals surface area contributed by atoms with Gasteiger partial charge in [-0.05, 0) is 36.1 Å². The lowest BCUT2D eigenvalue weighted by molar-refractivity contribution is 0.290. The van der Waals surface area contributed by atoms with Crippen LogP contribution in [0.15, 0.2) is 64.9 Å². The number of halogens is 1.